The zero-order chi connectivity index (χ0) is 17.0. The van der Waals surface area contributed by atoms with Gasteiger partial charge in [0.1, 0.15) is 5.82 Å². The van der Waals surface area contributed by atoms with Gasteiger partial charge in [-0.3, -0.25) is 0 Å². The molecule has 2 aromatic carbocycles. The van der Waals surface area contributed by atoms with E-state index in [1.165, 1.54) is 32.4 Å². The van der Waals surface area contributed by atoms with Gasteiger partial charge >= 0.3 is 5.97 Å². The number of benzene rings is 2. The van der Waals surface area contributed by atoms with Crippen LogP contribution < -0.4 is 15.2 Å². The van der Waals surface area contributed by atoms with Gasteiger partial charge in [-0.2, -0.15) is 5.11 Å². The Labute approximate surface area is 131 Å². The van der Waals surface area contributed by atoms with Crippen molar-refractivity contribution in [3.63, 3.8) is 0 Å². The molecule has 0 heterocycles. The van der Waals surface area contributed by atoms with Gasteiger partial charge in [-0.25, -0.2) is 9.18 Å². The second-order valence-electron chi connectivity index (χ2n) is 4.48. The van der Waals surface area contributed by atoms with Gasteiger partial charge in [-0.1, -0.05) is 0 Å². The molecule has 0 bridgehead atoms. The Morgan fingerprint density at radius 1 is 1.09 bits per heavy atom. The SMILES string of the molecule is COc1cc(N)cc(OC)c1N=Nc1cc(F)cc(C(=O)O)c1. The molecule has 8 heteroatoms. The van der Waals surface area contributed by atoms with Gasteiger partial charge in [0.25, 0.3) is 0 Å². The lowest BCUT2D eigenvalue weighted by atomic mass is 10.2. The maximum Gasteiger partial charge on any atom is 0.335 e. The summed E-state index contributed by atoms with van der Waals surface area (Å²) in [4.78, 5) is 10.9. The number of ether oxygens (including phenoxy) is 2. The van der Waals surface area contributed by atoms with Crippen LogP contribution in [0.3, 0.4) is 0 Å². The number of aromatic carboxylic acids is 1. The van der Waals surface area contributed by atoms with Crippen LogP contribution in [0.25, 0.3) is 0 Å². The number of hydrogen-bond donors (Lipinski definition) is 2. The number of carboxylic acids is 1. The van der Waals surface area contributed by atoms with Crippen molar-refractivity contribution in [2.75, 3.05) is 20.0 Å². The number of carbonyl (C=O) groups is 1. The van der Waals surface area contributed by atoms with Crippen LogP contribution in [0.1, 0.15) is 10.4 Å². The van der Waals surface area contributed by atoms with E-state index >= 15 is 0 Å². The minimum atomic E-state index is -1.26. The Kier molecular flexibility index (Phi) is 4.75. The molecule has 0 fully saturated rings. The molecule has 0 atom stereocenters. The summed E-state index contributed by atoms with van der Waals surface area (Å²) < 4.78 is 23.7. The number of anilines is 1. The molecule has 0 aromatic heterocycles. The van der Waals surface area contributed by atoms with Crippen LogP contribution in [0.15, 0.2) is 40.6 Å². The Balaban J connectivity index is 2.46. The predicted molar refractivity (Wildman–Crippen MR) is 81.5 cm³/mol. The monoisotopic (exact) mass is 319 g/mol. The van der Waals surface area contributed by atoms with Gasteiger partial charge in [0, 0.05) is 23.9 Å². The molecule has 23 heavy (non-hydrogen) atoms. The molecule has 2 rings (SSSR count). The fourth-order valence-corrected chi connectivity index (χ4v) is 1.88. The van der Waals surface area contributed by atoms with Crippen molar-refractivity contribution < 1.29 is 23.8 Å². The van der Waals surface area contributed by atoms with Gasteiger partial charge in [0.2, 0.25) is 0 Å². The quantitative estimate of drug-likeness (QED) is 0.647. The molecule has 0 unspecified atom stereocenters. The Bertz CT molecular complexity index is 752. The highest BCUT2D eigenvalue weighted by atomic mass is 19.1. The van der Waals surface area contributed by atoms with Crippen molar-refractivity contribution >= 4 is 23.0 Å². The van der Waals surface area contributed by atoms with Crippen molar-refractivity contribution in [3.05, 3.63) is 41.7 Å². The standard InChI is InChI=1S/C15H14FN3O4/c1-22-12-6-10(17)7-13(23-2)14(12)19-18-11-4-8(15(20)21)3-9(16)5-11/h3-7H,17H2,1-2H3,(H,20,21). The van der Waals surface area contributed by atoms with E-state index in [0.717, 1.165) is 12.1 Å². The number of methoxy groups -OCH3 is 2. The fraction of sp³-hybridized carbons (Fsp3) is 0.133. The molecule has 0 spiro atoms. The van der Waals surface area contributed by atoms with E-state index in [1.807, 2.05) is 0 Å². The van der Waals surface area contributed by atoms with Crippen LogP contribution >= 0.6 is 0 Å². The van der Waals surface area contributed by atoms with Crippen LogP contribution in [-0.4, -0.2) is 25.3 Å². The van der Waals surface area contributed by atoms with E-state index in [-0.39, 0.29) is 16.9 Å². The number of halogens is 1. The van der Waals surface area contributed by atoms with E-state index in [2.05, 4.69) is 10.2 Å². The summed E-state index contributed by atoms with van der Waals surface area (Å²) >= 11 is 0. The van der Waals surface area contributed by atoms with E-state index in [0.29, 0.717) is 17.2 Å². The molecule has 0 aliphatic carbocycles. The highest BCUT2D eigenvalue weighted by Crippen LogP contribution is 2.40. The lowest BCUT2D eigenvalue weighted by Crippen LogP contribution is -1.96. The molecule has 0 amide bonds. The fourth-order valence-electron chi connectivity index (χ4n) is 1.88. The van der Waals surface area contributed by atoms with Crippen LogP contribution in [0.2, 0.25) is 0 Å². The van der Waals surface area contributed by atoms with Gasteiger partial charge in [0.05, 0.1) is 25.5 Å². The molecule has 0 saturated heterocycles. The Morgan fingerprint density at radius 2 is 1.70 bits per heavy atom. The Hall–Kier alpha value is -3.16. The van der Waals surface area contributed by atoms with Gasteiger partial charge in [-0.15, -0.1) is 5.11 Å². The van der Waals surface area contributed by atoms with Crippen molar-refractivity contribution in [3.8, 4) is 11.5 Å². The van der Waals surface area contributed by atoms with Crippen LogP contribution in [0, 0.1) is 5.82 Å². The third-order valence-corrected chi connectivity index (χ3v) is 2.90. The first-order valence-electron chi connectivity index (χ1n) is 6.41. The molecule has 0 radical (unpaired) electrons. The maximum atomic E-state index is 13.4. The topological polar surface area (TPSA) is 107 Å². The second-order valence-corrected chi connectivity index (χ2v) is 4.48. The number of carboxylic acid groups (broad SMARTS) is 1. The van der Waals surface area contributed by atoms with E-state index in [4.69, 9.17) is 20.3 Å². The third kappa shape index (κ3) is 3.73. The molecule has 3 N–H and O–H groups in total. The van der Waals surface area contributed by atoms with Crippen molar-refractivity contribution in [1.82, 2.24) is 0 Å². The lowest BCUT2D eigenvalue weighted by molar-refractivity contribution is 0.0696. The number of nitrogen functional groups attached to an aromatic ring is 1. The lowest BCUT2D eigenvalue weighted by Gasteiger charge is -2.09. The highest BCUT2D eigenvalue weighted by molar-refractivity contribution is 5.88. The summed E-state index contributed by atoms with van der Waals surface area (Å²) in [6.07, 6.45) is 0. The molecular formula is C15H14FN3O4. The summed E-state index contributed by atoms with van der Waals surface area (Å²) in [5.74, 6) is -1.35. The molecule has 0 aliphatic heterocycles. The summed E-state index contributed by atoms with van der Waals surface area (Å²) in [7, 11) is 2.86. The number of nitrogens with two attached hydrogens (primary N) is 1. The van der Waals surface area contributed by atoms with Crippen molar-refractivity contribution in [2.24, 2.45) is 10.2 Å². The second kappa shape index (κ2) is 6.73. The summed E-state index contributed by atoms with van der Waals surface area (Å²) in [6, 6.07) is 6.22. The number of nitrogens with zero attached hydrogens (tertiary/aromatic N) is 2. The van der Waals surface area contributed by atoms with E-state index in [1.54, 1.807) is 0 Å². The average Bonchev–Trinajstić information content (AvgIpc) is 2.52. The van der Waals surface area contributed by atoms with Gasteiger partial charge in [0.15, 0.2) is 17.2 Å². The van der Waals surface area contributed by atoms with Crippen LogP contribution in [-0.2, 0) is 0 Å². The number of rotatable bonds is 5. The molecule has 0 saturated carbocycles. The molecule has 120 valence electrons. The Morgan fingerprint density at radius 3 is 2.22 bits per heavy atom. The van der Waals surface area contributed by atoms with Crippen LogP contribution in [0.5, 0.6) is 11.5 Å². The third-order valence-electron chi connectivity index (χ3n) is 2.90. The molecule has 2 aromatic rings. The van der Waals surface area contributed by atoms with Crippen molar-refractivity contribution in [2.45, 2.75) is 0 Å². The molecule has 7 nitrogen and oxygen atoms in total. The largest absolute Gasteiger partial charge is 0.494 e. The van der Waals surface area contributed by atoms with E-state index in [9.17, 15) is 9.18 Å². The summed E-state index contributed by atoms with van der Waals surface area (Å²) in [5.41, 5.74) is 6.20. The maximum absolute atomic E-state index is 13.4. The van der Waals surface area contributed by atoms with Gasteiger partial charge < -0.3 is 20.3 Å². The highest BCUT2D eigenvalue weighted by Gasteiger charge is 2.12. The average molecular weight is 319 g/mol. The number of azo groups is 1. The predicted octanol–water partition coefficient (Wildman–Crippen LogP) is 3.54. The number of hydrogen-bond acceptors (Lipinski definition) is 6. The first-order valence-corrected chi connectivity index (χ1v) is 6.41. The smallest absolute Gasteiger partial charge is 0.335 e. The normalized spacial score (nSPS) is 10.7. The van der Waals surface area contributed by atoms with E-state index < -0.39 is 11.8 Å². The molecular weight excluding hydrogens is 305 g/mol. The van der Waals surface area contributed by atoms with Crippen molar-refractivity contribution in [1.29, 1.82) is 0 Å². The first-order chi connectivity index (χ1) is 10.9. The van der Waals surface area contributed by atoms with Gasteiger partial charge in [-0.05, 0) is 12.1 Å². The summed E-state index contributed by atoms with van der Waals surface area (Å²) in [5, 5.41) is 16.7. The first kappa shape index (κ1) is 16.2. The molecule has 0 aliphatic rings. The minimum Gasteiger partial charge on any atom is -0.494 e. The van der Waals surface area contributed by atoms with Crippen LogP contribution in [0.4, 0.5) is 21.5 Å². The minimum absolute atomic E-state index is 0.0448. The zero-order valence-corrected chi connectivity index (χ0v) is 12.4. The summed E-state index contributed by atoms with van der Waals surface area (Å²) in [6.45, 7) is 0. The zero-order valence-electron chi connectivity index (χ0n) is 12.4.